The second-order valence-electron chi connectivity index (χ2n) is 1.94. The summed E-state index contributed by atoms with van der Waals surface area (Å²) < 4.78 is 32.5. The second-order valence-corrected chi connectivity index (χ2v) is 2.96. The van der Waals surface area contributed by atoms with Crippen LogP contribution in [0.2, 0.25) is 0 Å². The molecule has 0 saturated carbocycles. The van der Waals surface area contributed by atoms with Crippen molar-refractivity contribution < 1.29 is 42.5 Å². The predicted octanol–water partition coefficient (Wildman–Crippen LogP) is -1.77. The molecule has 0 aliphatic heterocycles. The van der Waals surface area contributed by atoms with E-state index in [9.17, 15) is 13.0 Å². The second kappa shape index (κ2) is 5.46. The van der Waals surface area contributed by atoms with Crippen LogP contribution in [0, 0.1) is 0 Å². The Hall–Kier alpha value is -0.270. The molecule has 7 heteroatoms. The molecule has 0 atom stereocenters. The maximum atomic E-state index is 9.99. The van der Waals surface area contributed by atoms with E-state index in [0.717, 1.165) is 0 Å². The van der Waals surface area contributed by atoms with Crippen LogP contribution < -0.4 is 29.6 Å². The van der Waals surface area contributed by atoms with Gasteiger partial charge in [-0.3, -0.25) is 0 Å². The summed E-state index contributed by atoms with van der Waals surface area (Å²) >= 11 is 0. The van der Waals surface area contributed by atoms with Crippen molar-refractivity contribution in [2.45, 2.75) is 0 Å². The van der Waals surface area contributed by atoms with E-state index in [4.69, 9.17) is 0 Å². The Bertz CT molecular complexity index is 376. The maximum Gasteiger partial charge on any atom is 1.00 e. The van der Waals surface area contributed by atoms with Crippen molar-refractivity contribution in [3.05, 3.63) is 30.3 Å². The van der Waals surface area contributed by atoms with Crippen molar-refractivity contribution in [1.29, 1.82) is 0 Å². The molecule has 0 aliphatic carbocycles. The zero-order valence-corrected chi connectivity index (χ0v) is 9.73. The SMILES string of the molecule is O=S(=O)([O-])N=Nc1ccccc1.[Na+]. The van der Waals surface area contributed by atoms with E-state index in [0.29, 0.717) is 5.69 Å². The Labute approximate surface area is 98.1 Å². The third-order valence-corrected chi connectivity index (χ3v) is 1.29. The van der Waals surface area contributed by atoms with Gasteiger partial charge in [-0.05, 0) is 12.1 Å². The minimum atomic E-state index is -4.61. The van der Waals surface area contributed by atoms with Crippen LogP contribution in [0.5, 0.6) is 0 Å². The van der Waals surface area contributed by atoms with Crippen LogP contribution in [0.1, 0.15) is 0 Å². The average Bonchev–Trinajstić information content (AvgIpc) is 2.02. The molecule has 1 aromatic rings. The van der Waals surface area contributed by atoms with Gasteiger partial charge in [0.05, 0.1) is 5.69 Å². The van der Waals surface area contributed by atoms with Gasteiger partial charge in [-0.2, -0.15) is 0 Å². The van der Waals surface area contributed by atoms with Gasteiger partial charge in [0.25, 0.3) is 0 Å². The van der Waals surface area contributed by atoms with E-state index < -0.39 is 10.3 Å². The number of hydrogen-bond acceptors (Lipinski definition) is 4. The maximum absolute atomic E-state index is 9.99. The number of rotatable bonds is 2. The molecule has 0 unspecified atom stereocenters. The first-order valence-corrected chi connectivity index (χ1v) is 4.38. The molecule has 0 heterocycles. The first-order valence-electron chi connectivity index (χ1n) is 3.02. The zero-order chi connectivity index (χ0) is 9.03. The molecule has 0 saturated heterocycles. The third kappa shape index (κ3) is 5.89. The van der Waals surface area contributed by atoms with E-state index in [1.165, 1.54) is 12.1 Å². The van der Waals surface area contributed by atoms with E-state index >= 15 is 0 Å². The first-order chi connectivity index (χ1) is 5.58. The smallest absolute Gasteiger partial charge is 0.728 e. The fraction of sp³-hybridized carbons (Fsp3) is 0. The van der Waals surface area contributed by atoms with Crippen LogP contribution >= 0.6 is 0 Å². The monoisotopic (exact) mass is 208 g/mol. The van der Waals surface area contributed by atoms with Gasteiger partial charge >= 0.3 is 29.6 Å². The molecule has 13 heavy (non-hydrogen) atoms. The summed E-state index contributed by atoms with van der Waals surface area (Å²) in [5, 5.41) is 3.20. The standard InChI is InChI=1S/C6H6N2O3S.Na/c9-12(10,11)8-7-6-4-2-1-3-5-6;/h1-5H,(H,9,10,11);/q;+1/p-1. The number of hydrogen-bond donors (Lipinski definition) is 0. The molecule has 0 aliphatic rings. The van der Waals surface area contributed by atoms with Crippen molar-refractivity contribution in [3.63, 3.8) is 0 Å². The minimum absolute atomic E-state index is 0. The molecular weight excluding hydrogens is 203 g/mol. The Morgan fingerprint density at radius 3 is 2.15 bits per heavy atom. The Morgan fingerprint density at radius 1 is 1.15 bits per heavy atom. The Morgan fingerprint density at radius 2 is 1.69 bits per heavy atom. The van der Waals surface area contributed by atoms with E-state index in [1.54, 1.807) is 18.2 Å². The largest absolute Gasteiger partial charge is 1.00 e. The molecule has 5 nitrogen and oxygen atoms in total. The van der Waals surface area contributed by atoms with Gasteiger partial charge in [0.2, 0.25) is 10.3 Å². The summed E-state index contributed by atoms with van der Waals surface area (Å²) in [5.41, 5.74) is 0.330. The molecule has 1 aromatic carbocycles. The topological polar surface area (TPSA) is 81.9 Å². The van der Waals surface area contributed by atoms with Gasteiger partial charge in [-0.25, -0.2) is 8.42 Å². The van der Waals surface area contributed by atoms with Crippen LogP contribution in [-0.4, -0.2) is 13.0 Å². The summed E-state index contributed by atoms with van der Waals surface area (Å²) in [5.74, 6) is 0. The summed E-state index contributed by atoms with van der Waals surface area (Å²) in [6.07, 6.45) is 0. The van der Waals surface area contributed by atoms with E-state index in [2.05, 4.69) is 9.63 Å². The van der Waals surface area contributed by atoms with Crippen LogP contribution in [0.3, 0.4) is 0 Å². The minimum Gasteiger partial charge on any atom is -0.728 e. The summed E-state index contributed by atoms with van der Waals surface area (Å²) in [6, 6.07) is 8.13. The molecule has 0 amide bonds. The predicted molar refractivity (Wildman–Crippen MR) is 40.7 cm³/mol. The summed E-state index contributed by atoms with van der Waals surface area (Å²) in [4.78, 5) is 0. The van der Waals surface area contributed by atoms with Crippen LogP contribution in [0.25, 0.3) is 0 Å². The van der Waals surface area contributed by atoms with E-state index in [-0.39, 0.29) is 29.6 Å². The van der Waals surface area contributed by atoms with Gasteiger partial charge < -0.3 is 4.55 Å². The fourth-order valence-electron chi connectivity index (χ4n) is 0.592. The van der Waals surface area contributed by atoms with Crippen molar-refractivity contribution in [3.8, 4) is 0 Å². The molecule has 0 N–H and O–H groups in total. The molecule has 1 rings (SSSR count). The van der Waals surface area contributed by atoms with Crippen molar-refractivity contribution >= 4 is 16.0 Å². The van der Waals surface area contributed by atoms with Gasteiger partial charge in [-0.15, -0.1) is 5.11 Å². The quantitative estimate of drug-likeness (QED) is 0.328. The van der Waals surface area contributed by atoms with Crippen molar-refractivity contribution in [2.75, 3.05) is 0 Å². The molecule has 0 radical (unpaired) electrons. The Balaban J connectivity index is 0.00000144. The van der Waals surface area contributed by atoms with Gasteiger partial charge in [0, 0.05) is 0 Å². The molecule has 0 spiro atoms. The number of benzene rings is 1. The van der Waals surface area contributed by atoms with Crippen molar-refractivity contribution in [1.82, 2.24) is 0 Å². The normalized spacial score (nSPS) is 11.2. The fourth-order valence-corrected chi connectivity index (χ4v) is 0.786. The number of nitrogens with zero attached hydrogens (tertiary/aromatic N) is 2. The molecule has 0 fully saturated rings. The van der Waals surface area contributed by atoms with Gasteiger partial charge in [-0.1, -0.05) is 22.7 Å². The van der Waals surface area contributed by atoms with Crippen LogP contribution in [0.4, 0.5) is 5.69 Å². The van der Waals surface area contributed by atoms with E-state index in [1.807, 2.05) is 0 Å². The summed E-state index contributed by atoms with van der Waals surface area (Å²) in [7, 11) is -4.61. The van der Waals surface area contributed by atoms with Crippen LogP contribution in [-0.2, 0) is 10.3 Å². The molecule has 0 bridgehead atoms. The first kappa shape index (κ1) is 12.7. The third-order valence-electron chi connectivity index (χ3n) is 1.01. The Kier molecular flexibility index (Phi) is 5.34. The van der Waals surface area contributed by atoms with Crippen LogP contribution in [0.15, 0.2) is 40.0 Å². The van der Waals surface area contributed by atoms with Crippen molar-refractivity contribution in [2.24, 2.45) is 9.63 Å². The van der Waals surface area contributed by atoms with Gasteiger partial charge in [0.1, 0.15) is 0 Å². The molecular formula is C6H5N2NaO3S. The average molecular weight is 208 g/mol. The zero-order valence-electron chi connectivity index (χ0n) is 6.91. The molecule has 64 valence electrons. The molecule has 0 aromatic heterocycles. The summed E-state index contributed by atoms with van der Waals surface area (Å²) in [6.45, 7) is 0. The van der Waals surface area contributed by atoms with Gasteiger partial charge in [0.15, 0.2) is 0 Å².